The van der Waals surface area contributed by atoms with E-state index < -0.39 is 0 Å². The summed E-state index contributed by atoms with van der Waals surface area (Å²) < 4.78 is 10.6. The highest BCUT2D eigenvalue weighted by Gasteiger charge is 2.12. The lowest BCUT2D eigenvalue weighted by Gasteiger charge is -2.04. The second-order valence-electron chi connectivity index (χ2n) is 5.47. The Labute approximate surface area is 125 Å². The molecule has 2 rings (SSSR count). The molecule has 0 aromatic heterocycles. The van der Waals surface area contributed by atoms with Crippen LogP contribution in [0.3, 0.4) is 0 Å². The van der Waals surface area contributed by atoms with Crippen LogP contribution in [0, 0.1) is 5.92 Å². The Kier molecular flexibility index (Phi) is 5.04. The zero-order valence-corrected chi connectivity index (χ0v) is 12.7. The van der Waals surface area contributed by atoms with Crippen LogP contribution < -0.4 is 14.8 Å². The topological polar surface area (TPSA) is 47.6 Å². The monoisotopic (exact) mass is 287 g/mol. The summed E-state index contributed by atoms with van der Waals surface area (Å²) in [7, 11) is 0. The molecule has 1 aliphatic rings. The molecule has 0 saturated heterocycles. The minimum Gasteiger partial charge on any atom is -0.454 e. The van der Waals surface area contributed by atoms with E-state index in [1.165, 1.54) is 0 Å². The predicted octanol–water partition coefficient (Wildman–Crippen LogP) is 3.15. The van der Waals surface area contributed by atoms with Crippen molar-refractivity contribution in [1.82, 2.24) is 5.32 Å². The number of hydrogen-bond donors (Lipinski definition) is 1. The third-order valence-electron chi connectivity index (χ3n) is 2.97. The SMILES string of the molecule is CC(C=CC(=O)NCC(C)C)=Cc1ccc2c(c1)OCO2. The van der Waals surface area contributed by atoms with Gasteiger partial charge in [0.25, 0.3) is 0 Å². The van der Waals surface area contributed by atoms with E-state index in [1.807, 2.05) is 31.2 Å². The quantitative estimate of drug-likeness (QED) is 0.668. The van der Waals surface area contributed by atoms with Crippen molar-refractivity contribution >= 4 is 12.0 Å². The van der Waals surface area contributed by atoms with Gasteiger partial charge in [0.1, 0.15) is 0 Å². The standard InChI is InChI=1S/C17H21NO3/c1-12(2)10-18-17(19)7-4-13(3)8-14-5-6-15-16(9-14)21-11-20-15/h4-9,12H,10-11H2,1-3H3,(H,18,19). The van der Waals surface area contributed by atoms with Gasteiger partial charge in [-0.3, -0.25) is 4.79 Å². The van der Waals surface area contributed by atoms with Crippen molar-refractivity contribution in [1.29, 1.82) is 0 Å². The first-order valence-electron chi connectivity index (χ1n) is 7.08. The first-order valence-corrected chi connectivity index (χ1v) is 7.08. The second kappa shape index (κ2) is 6.97. The van der Waals surface area contributed by atoms with Crippen molar-refractivity contribution in [3.05, 3.63) is 41.5 Å². The van der Waals surface area contributed by atoms with Crippen molar-refractivity contribution < 1.29 is 14.3 Å². The number of carbonyl (C=O) groups excluding carboxylic acids is 1. The molecule has 0 saturated carbocycles. The van der Waals surface area contributed by atoms with Crippen LogP contribution in [-0.4, -0.2) is 19.2 Å². The van der Waals surface area contributed by atoms with Crippen LogP contribution in [0.2, 0.25) is 0 Å². The van der Waals surface area contributed by atoms with Gasteiger partial charge in [-0.2, -0.15) is 0 Å². The molecule has 0 bridgehead atoms. The first-order chi connectivity index (χ1) is 10.0. The van der Waals surface area contributed by atoms with Gasteiger partial charge in [0.05, 0.1) is 0 Å². The van der Waals surface area contributed by atoms with Crippen LogP contribution in [0.4, 0.5) is 0 Å². The highest BCUT2D eigenvalue weighted by Crippen LogP contribution is 2.33. The average molecular weight is 287 g/mol. The number of nitrogens with one attached hydrogen (secondary N) is 1. The summed E-state index contributed by atoms with van der Waals surface area (Å²) in [5.74, 6) is 1.92. The summed E-state index contributed by atoms with van der Waals surface area (Å²) in [5, 5.41) is 2.85. The molecule has 1 N–H and O–H groups in total. The number of hydrogen-bond acceptors (Lipinski definition) is 3. The fraction of sp³-hybridized carbons (Fsp3) is 0.353. The van der Waals surface area contributed by atoms with Gasteiger partial charge in [0.2, 0.25) is 12.7 Å². The largest absolute Gasteiger partial charge is 0.454 e. The first kappa shape index (κ1) is 15.2. The summed E-state index contributed by atoms with van der Waals surface area (Å²) >= 11 is 0. The Morgan fingerprint density at radius 2 is 2.05 bits per heavy atom. The third kappa shape index (κ3) is 4.67. The van der Waals surface area contributed by atoms with E-state index in [-0.39, 0.29) is 12.7 Å². The molecule has 0 unspecified atom stereocenters. The fourth-order valence-electron chi connectivity index (χ4n) is 1.88. The molecule has 4 heteroatoms. The molecule has 1 aromatic carbocycles. The second-order valence-corrected chi connectivity index (χ2v) is 5.47. The third-order valence-corrected chi connectivity index (χ3v) is 2.97. The molecule has 21 heavy (non-hydrogen) atoms. The van der Waals surface area contributed by atoms with Crippen molar-refractivity contribution in [2.24, 2.45) is 5.92 Å². The van der Waals surface area contributed by atoms with Gasteiger partial charge in [-0.15, -0.1) is 0 Å². The Morgan fingerprint density at radius 1 is 1.29 bits per heavy atom. The average Bonchev–Trinajstić information content (AvgIpc) is 2.90. The maximum atomic E-state index is 11.6. The molecular weight excluding hydrogens is 266 g/mol. The predicted molar refractivity (Wildman–Crippen MR) is 83.2 cm³/mol. The molecule has 0 aliphatic carbocycles. The maximum absolute atomic E-state index is 11.6. The Balaban J connectivity index is 1.96. The number of rotatable bonds is 5. The smallest absolute Gasteiger partial charge is 0.243 e. The van der Waals surface area contributed by atoms with Crippen LogP contribution in [0.5, 0.6) is 11.5 Å². The van der Waals surface area contributed by atoms with Crippen LogP contribution in [0.25, 0.3) is 6.08 Å². The zero-order chi connectivity index (χ0) is 15.2. The lowest BCUT2D eigenvalue weighted by Crippen LogP contribution is -2.25. The normalized spacial score (nSPS) is 14.0. The molecule has 0 radical (unpaired) electrons. The van der Waals surface area contributed by atoms with Gasteiger partial charge in [-0.05, 0) is 30.5 Å². The van der Waals surface area contributed by atoms with Crippen molar-refractivity contribution in [3.8, 4) is 11.5 Å². The Morgan fingerprint density at radius 3 is 2.81 bits per heavy atom. The summed E-state index contributed by atoms with van der Waals surface area (Å²) in [6.45, 7) is 7.05. The number of fused-ring (bicyclic) bond motifs is 1. The van der Waals surface area contributed by atoms with Gasteiger partial charge >= 0.3 is 0 Å². The van der Waals surface area contributed by atoms with E-state index in [0.717, 1.165) is 22.6 Å². The molecule has 0 fully saturated rings. The molecule has 1 heterocycles. The summed E-state index contributed by atoms with van der Waals surface area (Å²) in [6, 6.07) is 5.78. The lowest BCUT2D eigenvalue weighted by molar-refractivity contribution is -0.116. The van der Waals surface area contributed by atoms with Crippen LogP contribution in [0.15, 0.2) is 35.9 Å². The molecule has 4 nitrogen and oxygen atoms in total. The summed E-state index contributed by atoms with van der Waals surface area (Å²) in [4.78, 5) is 11.6. The number of benzene rings is 1. The van der Waals surface area contributed by atoms with Gasteiger partial charge in [-0.1, -0.05) is 37.6 Å². The van der Waals surface area contributed by atoms with Gasteiger partial charge < -0.3 is 14.8 Å². The highest BCUT2D eigenvalue weighted by molar-refractivity contribution is 5.88. The summed E-state index contributed by atoms with van der Waals surface area (Å²) in [5.41, 5.74) is 2.01. The van der Waals surface area contributed by atoms with Gasteiger partial charge in [-0.25, -0.2) is 0 Å². The van der Waals surface area contributed by atoms with Crippen LogP contribution in [0.1, 0.15) is 26.3 Å². The van der Waals surface area contributed by atoms with Crippen molar-refractivity contribution in [2.75, 3.05) is 13.3 Å². The minimum absolute atomic E-state index is 0.0675. The van der Waals surface area contributed by atoms with Gasteiger partial charge in [0, 0.05) is 12.6 Å². The Hall–Kier alpha value is -2.23. The zero-order valence-electron chi connectivity index (χ0n) is 12.7. The molecule has 112 valence electrons. The molecule has 0 atom stereocenters. The van der Waals surface area contributed by atoms with E-state index in [4.69, 9.17) is 9.47 Å². The Bertz CT molecular complexity index is 573. The number of allylic oxidation sites excluding steroid dienone is 2. The van der Waals surface area contributed by atoms with E-state index >= 15 is 0 Å². The summed E-state index contributed by atoms with van der Waals surface area (Å²) in [6.07, 6.45) is 5.36. The molecule has 1 aromatic rings. The molecule has 1 aliphatic heterocycles. The van der Waals surface area contributed by atoms with Gasteiger partial charge in [0.15, 0.2) is 11.5 Å². The van der Waals surface area contributed by atoms with E-state index in [1.54, 1.807) is 12.2 Å². The maximum Gasteiger partial charge on any atom is 0.243 e. The fourth-order valence-corrected chi connectivity index (χ4v) is 1.88. The lowest BCUT2D eigenvalue weighted by atomic mass is 10.1. The molecule has 1 amide bonds. The molecule has 0 spiro atoms. The highest BCUT2D eigenvalue weighted by atomic mass is 16.7. The van der Waals surface area contributed by atoms with Crippen LogP contribution in [-0.2, 0) is 4.79 Å². The number of carbonyl (C=O) groups is 1. The van der Waals surface area contributed by atoms with E-state index in [9.17, 15) is 4.79 Å². The van der Waals surface area contributed by atoms with E-state index in [2.05, 4.69) is 19.2 Å². The van der Waals surface area contributed by atoms with Crippen LogP contribution >= 0.6 is 0 Å². The minimum atomic E-state index is -0.0675. The molecular formula is C17H21NO3. The number of ether oxygens (including phenoxy) is 2. The van der Waals surface area contributed by atoms with Crippen molar-refractivity contribution in [3.63, 3.8) is 0 Å². The van der Waals surface area contributed by atoms with Crippen molar-refractivity contribution in [2.45, 2.75) is 20.8 Å². The van der Waals surface area contributed by atoms with E-state index in [0.29, 0.717) is 12.5 Å². The number of amides is 1.